The summed E-state index contributed by atoms with van der Waals surface area (Å²) in [7, 11) is 0. The van der Waals surface area contributed by atoms with Gasteiger partial charge < -0.3 is 4.74 Å². The summed E-state index contributed by atoms with van der Waals surface area (Å²) in [5, 5.41) is 0. The van der Waals surface area contributed by atoms with E-state index in [1.165, 1.54) is 12.1 Å². The fourth-order valence-electron chi connectivity index (χ4n) is 1.04. The van der Waals surface area contributed by atoms with Crippen molar-refractivity contribution in [3.8, 4) is 5.75 Å². The molecule has 0 fully saturated rings. The van der Waals surface area contributed by atoms with Gasteiger partial charge in [-0.25, -0.2) is 0 Å². The maximum Gasteiger partial charge on any atom is 0.573 e. The van der Waals surface area contributed by atoms with Crippen molar-refractivity contribution in [3.05, 3.63) is 34.2 Å². The predicted octanol–water partition coefficient (Wildman–Crippen LogP) is 4.31. The quantitative estimate of drug-likeness (QED) is 0.785. The summed E-state index contributed by atoms with van der Waals surface area (Å²) in [6, 6.07) is 4.37. The van der Waals surface area contributed by atoms with Crippen LogP contribution in [0.3, 0.4) is 0 Å². The highest BCUT2D eigenvalue weighted by Crippen LogP contribution is 2.29. The minimum absolute atomic E-state index is 0.215. The third kappa shape index (κ3) is 4.11. The Labute approximate surface area is 94.4 Å². The van der Waals surface area contributed by atoms with Gasteiger partial charge in [-0.3, -0.25) is 0 Å². The second-order valence-electron chi connectivity index (χ2n) is 3.22. The van der Waals surface area contributed by atoms with Gasteiger partial charge in [0.1, 0.15) is 5.75 Å². The number of halogens is 4. The molecule has 1 rings (SSSR count). The van der Waals surface area contributed by atoms with E-state index in [2.05, 4.69) is 20.7 Å². The van der Waals surface area contributed by atoms with Gasteiger partial charge in [-0.2, -0.15) is 0 Å². The molecule has 83 valence electrons. The zero-order valence-corrected chi connectivity index (χ0v) is 9.74. The molecule has 0 saturated carbocycles. The maximum atomic E-state index is 12.0. The van der Waals surface area contributed by atoms with Crippen LogP contribution in [0.15, 0.2) is 22.7 Å². The number of ether oxygens (including phenoxy) is 1. The molecule has 1 nitrogen and oxygen atoms in total. The lowest BCUT2D eigenvalue weighted by molar-refractivity contribution is -0.274. The first-order chi connectivity index (χ1) is 6.78. The molecule has 0 bridgehead atoms. The predicted molar refractivity (Wildman–Crippen MR) is 54.5 cm³/mol. The Morgan fingerprint density at radius 3 is 2.27 bits per heavy atom. The van der Waals surface area contributed by atoms with Crippen LogP contribution in [0.1, 0.15) is 19.4 Å². The molecule has 1 radical (unpaired) electrons. The minimum Gasteiger partial charge on any atom is -0.406 e. The third-order valence-corrected chi connectivity index (χ3v) is 2.14. The Kier molecular flexibility index (Phi) is 3.65. The minimum atomic E-state index is -4.65. The number of rotatable bonds is 2. The molecular formula is C10H9BrF3O. The van der Waals surface area contributed by atoms with Gasteiger partial charge in [0.05, 0.1) is 0 Å². The van der Waals surface area contributed by atoms with Gasteiger partial charge in [-0.15, -0.1) is 13.2 Å². The second kappa shape index (κ2) is 4.43. The summed E-state index contributed by atoms with van der Waals surface area (Å²) in [4.78, 5) is 0. The van der Waals surface area contributed by atoms with Crippen molar-refractivity contribution in [1.82, 2.24) is 0 Å². The van der Waals surface area contributed by atoms with E-state index in [1.54, 1.807) is 6.07 Å². The van der Waals surface area contributed by atoms with Crippen LogP contribution in [0, 0.1) is 5.92 Å². The molecule has 0 heterocycles. The molecule has 5 heteroatoms. The highest BCUT2D eigenvalue weighted by atomic mass is 79.9. The van der Waals surface area contributed by atoms with Crippen LogP contribution in [0.5, 0.6) is 5.75 Å². The Balaban J connectivity index is 2.99. The van der Waals surface area contributed by atoms with Crippen LogP contribution in [0.2, 0.25) is 0 Å². The molecule has 0 saturated heterocycles. The number of hydrogen-bond acceptors (Lipinski definition) is 1. The number of hydrogen-bond donors (Lipinski definition) is 0. The Hall–Kier alpha value is -0.710. The zero-order chi connectivity index (χ0) is 11.6. The van der Waals surface area contributed by atoms with Crippen molar-refractivity contribution in [2.45, 2.75) is 20.2 Å². The summed E-state index contributed by atoms with van der Waals surface area (Å²) >= 11 is 3.13. The highest BCUT2D eigenvalue weighted by Gasteiger charge is 2.31. The lowest BCUT2D eigenvalue weighted by Crippen LogP contribution is -2.17. The topological polar surface area (TPSA) is 9.23 Å². The molecular weight excluding hydrogens is 273 g/mol. The van der Waals surface area contributed by atoms with E-state index in [0.29, 0.717) is 10.0 Å². The van der Waals surface area contributed by atoms with E-state index in [-0.39, 0.29) is 5.75 Å². The van der Waals surface area contributed by atoms with Gasteiger partial charge in [0.25, 0.3) is 0 Å². The molecule has 0 aromatic heterocycles. The molecule has 0 amide bonds. The summed E-state index contributed by atoms with van der Waals surface area (Å²) in [5.41, 5.74) is 0.712. The smallest absolute Gasteiger partial charge is 0.406 e. The normalized spacial score (nSPS) is 11.9. The average Bonchev–Trinajstić information content (AvgIpc) is 1.99. The van der Waals surface area contributed by atoms with Crippen LogP contribution >= 0.6 is 15.9 Å². The largest absolute Gasteiger partial charge is 0.573 e. The Bertz CT molecular complexity index is 347. The van der Waals surface area contributed by atoms with Crippen LogP contribution in [-0.2, 0) is 0 Å². The lowest BCUT2D eigenvalue weighted by Gasteiger charge is -2.12. The summed E-state index contributed by atoms with van der Waals surface area (Å²) in [6.45, 7) is 3.64. The van der Waals surface area contributed by atoms with Crippen LogP contribution in [0.25, 0.3) is 0 Å². The van der Waals surface area contributed by atoms with Crippen molar-refractivity contribution in [2.75, 3.05) is 0 Å². The summed E-state index contributed by atoms with van der Waals surface area (Å²) in [6.07, 6.45) is -4.65. The van der Waals surface area contributed by atoms with Crippen LogP contribution < -0.4 is 4.74 Å². The second-order valence-corrected chi connectivity index (χ2v) is 4.14. The highest BCUT2D eigenvalue weighted by molar-refractivity contribution is 9.10. The van der Waals surface area contributed by atoms with Gasteiger partial charge in [0.2, 0.25) is 0 Å². The van der Waals surface area contributed by atoms with E-state index in [4.69, 9.17) is 0 Å². The standard InChI is InChI=1S/C10H9BrF3O/c1-6(2)7-3-8(11)5-9(4-7)15-10(12,13)14/h3-5H,1-2H3. The van der Waals surface area contributed by atoms with Gasteiger partial charge in [-0.05, 0) is 29.7 Å². The zero-order valence-electron chi connectivity index (χ0n) is 8.15. The number of alkyl halides is 3. The maximum absolute atomic E-state index is 12.0. The van der Waals surface area contributed by atoms with E-state index >= 15 is 0 Å². The molecule has 1 aromatic rings. The molecule has 0 aliphatic heterocycles. The van der Waals surface area contributed by atoms with Crippen molar-refractivity contribution < 1.29 is 17.9 Å². The van der Waals surface area contributed by atoms with Gasteiger partial charge in [-0.1, -0.05) is 29.8 Å². The molecule has 0 spiro atoms. The van der Waals surface area contributed by atoms with Gasteiger partial charge >= 0.3 is 6.36 Å². The first-order valence-corrected chi connectivity index (χ1v) is 4.94. The van der Waals surface area contributed by atoms with Crippen molar-refractivity contribution in [1.29, 1.82) is 0 Å². The first kappa shape index (κ1) is 12.4. The summed E-state index contributed by atoms with van der Waals surface area (Å²) in [5.74, 6) is 0.705. The SMILES string of the molecule is C[C](C)c1cc(Br)cc(OC(F)(F)F)c1. The lowest BCUT2D eigenvalue weighted by atomic mass is 10.0. The monoisotopic (exact) mass is 281 g/mol. The van der Waals surface area contributed by atoms with Crippen molar-refractivity contribution in [2.24, 2.45) is 0 Å². The summed E-state index contributed by atoms with van der Waals surface area (Å²) < 4.78 is 40.3. The first-order valence-electron chi connectivity index (χ1n) is 4.15. The fourth-order valence-corrected chi connectivity index (χ4v) is 1.52. The average molecular weight is 282 g/mol. The molecule has 0 unspecified atom stereocenters. The molecule has 15 heavy (non-hydrogen) atoms. The van der Waals surface area contributed by atoms with E-state index in [9.17, 15) is 13.2 Å². The van der Waals surface area contributed by atoms with E-state index in [1.807, 2.05) is 13.8 Å². The molecule has 0 atom stereocenters. The van der Waals surface area contributed by atoms with Crippen LogP contribution in [-0.4, -0.2) is 6.36 Å². The molecule has 1 aromatic carbocycles. The van der Waals surface area contributed by atoms with Gasteiger partial charge in [0.15, 0.2) is 0 Å². The fraction of sp³-hybridized carbons (Fsp3) is 0.300. The molecule has 0 aliphatic carbocycles. The third-order valence-electron chi connectivity index (χ3n) is 1.68. The number of benzene rings is 1. The van der Waals surface area contributed by atoms with E-state index in [0.717, 1.165) is 5.92 Å². The van der Waals surface area contributed by atoms with Crippen molar-refractivity contribution >= 4 is 15.9 Å². The van der Waals surface area contributed by atoms with Crippen molar-refractivity contribution in [3.63, 3.8) is 0 Å². The molecule has 0 aliphatic rings. The Morgan fingerprint density at radius 2 is 1.80 bits per heavy atom. The molecule has 0 N–H and O–H groups in total. The Morgan fingerprint density at radius 1 is 1.20 bits per heavy atom. The van der Waals surface area contributed by atoms with Gasteiger partial charge in [0, 0.05) is 4.47 Å². The van der Waals surface area contributed by atoms with E-state index < -0.39 is 6.36 Å². The van der Waals surface area contributed by atoms with Crippen LogP contribution in [0.4, 0.5) is 13.2 Å².